The van der Waals surface area contributed by atoms with Crippen molar-refractivity contribution in [3.63, 3.8) is 0 Å². The third-order valence-corrected chi connectivity index (χ3v) is 4.58. The van der Waals surface area contributed by atoms with E-state index >= 15 is 0 Å². The average molecular weight is 381 g/mol. The van der Waals surface area contributed by atoms with Gasteiger partial charge in [0.05, 0.1) is 5.02 Å². The first kappa shape index (κ1) is 18.6. The van der Waals surface area contributed by atoms with Crippen LogP contribution in [-0.2, 0) is 0 Å². The lowest BCUT2D eigenvalue weighted by atomic mass is 10.2. The van der Waals surface area contributed by atoms with E-state index in [0.29, 0.717) is 18.2 Å². The van der Waals surface area contributed by atoms with Crippen molar-refractivity contribution < 1.29 is 9.13 Å². The molecule has 7 nitrogen and oxygen atoms in total. The molecule has 1 aromatic carbocycles. The summed E-state index contributed by atoms with van der Waals surface area (Å²) in [5, 5.41) is 0.00522. The van der Waals surface area contributed by atoms with E-state index in [0.717, 1.165) is 26.2 Å². The van der Waals surface area contributed by atoms with Crippen LogP contribution in [0.5, 0.6) is 5.75 Å². The molecule has 1 aliphatic heterocycles. The highest BCUT2D eigenvalue weighted by molar-refractivity contribution is 6.30. The van der Waals surface area contributed by atoms with Crippen LogP contribution in [0.25, 0.3) is 0 Å². The van der Waals surface area contributed by atoms with Crippen molar-refractivity contribution in [1.82, 2.24) is 19.9 Å². The summed E-state index contributed by atoms with van der Waals surface area (Å²) in [6.45, 7) is 5.35. The number of rotatable bonds is 5. The van der Waals surface area contributed by atoms with Crippen LogP contribution in [0.3, 0.4) is 0 Å². The lowest BCUT2D eigenvalue weighted by Crippen LogP contribution is -2.45. The molecule has 1 aromatic heterocycles. The van der Waals surface area contributed by atoms with E-state index in [1.807, 2.05) is 6.92 Å². The number of halogens is 2. The molecule has 0 spiro atoms. The fraction of sp³-hybridized carbons (Fsp3) is 0.471. The predicted octanol–water partition coefficient (Wildman–Crippen LogP) is 2.53. The number of hydrogen-bond acceptors (Lipinski definition) is 7. The molecule has 2 heterocycles. The Kier molecular flexibility index (Phi) is 5.73. The predicted molar refractivity (Wildman–Crippen MR) is 99.0 cm³/mol. The number of benzene rings is 1. The minimum Gasteiger partial charge on any atom is -0.479 e. The number of hydrogen-bond donors (Lipinski definition) is 1. The quantitative estimate of drug-likeness (QED) is 0.853. The van der Waals surface area contributed by atoms with Gasteiger partial charge in [0.2, 0.25) is 11.9 Å². The van der Waals surface area contributed by atoms with Gasteiger partial charge in [0, 0.05) is 26.2 Å². The molecule has 3 rings (SSSR count). The molecule has 1 fully saturated rings. The summed E-state index contributed by atoms with van der Waals surface area (Å²) >= 11 is 5.82. The van der Waals surface area contributed by atoms with Crippen molar-refractivity contribution in [1.29, 1.82) is 0 Å². The topological polar surface area (TPSA) is 80.4 Å². The molecule has 1 atom stereocenters. The van der Waals surface area contributed by atoms with Gasteiger partial charge in [-0.25, -0.2) is 4.39 Å². The number of nitrogens with two attached hydrogens (primary N) is 1. The molecule has 2 aromatic rings. The highest BCUT2D eigenvalue weighted by Crippen LogP contribution is 2.29. The van der Waals surface area contributed by atoms with Gasteiger partial charge < -0.3 is 20.3 Å². The zero-order valence-electron chi connectivity index (χ0n) is 14.8. The minimum absolute atomic E-state index is 0.00522. The highest BCUT2D eigenvalue weighted by atomic mass is 35.5. The maximum Gasteiger partial charge on any atom is 0.230 e. The third kappa shape index (κ3) is 4.13. The van der Waals surface area contributed by atoms with Crippen LogP contribution in [-0.4, -0.2) is 53.1 Å². The zero-order chi connectivity index (χ0) is 18.7. The molecular weight excluding hydrogens is 359 g/mol. The maximum atomic E-state index is 14.2. The summed E-state index contributed by atoms with van der Waals surface area (Å²) in [5.41, 5.74) is 5.88. The number of nitrogens with zero attached hydrogens (tertiary/aromatic N) is 5. The van der Waals surface area contributed by atoms with Gasteiger partial charge in [0.1, 0.15) is 0 Å². The van der Waals surface area contributed by atoms with E-state index in [-0.39, 0.29) is 16.7 Å². The molecule has 2 N–H and O–H groups in total. The lowest BCUT2D eigenvalue weighted by Gasteiger charge is -2.32. The second kappa shape index (κ2) is 8.01. The summed E-state index contributed by atoms with van der Waals surface area (Å²) in [6.07, 6.45) is -0.0168. The van der Waals surface area contributed by atoms with E-state index in [1.165, 1.54) is 12.1 Å². The number of piperazine rings is 1. The van der Waals surface area contributed by atoms with Gasteiger partial charge in [0.25, 0.3) is 0 Å². The molecule has 1 unspecified atom stereocenters. The first-order valence-electron chi connectivity index (χ1n) is 8.53. The Morgan fingerprint density at radius 1 is 1.23 bits per heavy atom. The normalized spacial score (nSPS) is 16.5. The van der Waals surface area contributed by atoms with Crippen LogP contribution in [0.15, 0.2) is 18.2 Å². The van der Waals surface area contributed by atoms with Gasteiger partial charge in [-0.15, -0.1) is 0 Å². The molecule has 0 bridgehead atoms. The molecule has 0 amide bonds. The number of anilines is 2. The monoisotopic (exact) mass is 380 g/mol. The summed E-state index contributed by atoms with van der Waals surface area (Å²) in [4.78, 5) is 17.3. The van der Waals surface area contributed by atoms with E-state index in [4.69, 9.17) is 22.1 Å². The molecule has 0 aliphatic carbocycles. The average Bonchev–Trinajstić information content (AvgIpc) is 2.63. The Morgan fingerprint density at radius 2 is 1.96 bits per heavy atom. The van der Waals surface area contributed by atoms with Crippen LogP contribution in [0.4, 0.5) is 16.3 Å². The van der Waals surface area contributed by atoms with Gasteiger partial charge in [-0.05, 0) is 25.6 Å². The van der Waals surface area contributed by atoms with Crippen molar-refractivity contribution in [2.45, 2.75) is 19.4 Å². The van der Waals surface area contributed by atoms with E-state index < -0.39 is 11.9 Å². The molecule has 9 heteroatoms. The highest BCUT2D eigenvalue weighted by Gasteiger charge is 2.23. The van der Waals surface area contributed by atoms with Crippen LogP contribution >= 0.6 is 11.6 Å². The first-order valence-corrected chi connectivity index (χ1v) is 8.91. The van der Waals surface area contributed by atoms with Crippen molar-refractivity contribution in [2.75, 3.05) is 43.9 Å². The summed E-state index contributed by atoms with van der Waals surface area (Å²) in [6, 6.07) is 4.62. The Labute approximate surface area is 157 Å². The molecule has 0 saturated carbocycles. The largest absolute Gasteiger partial charge is 0.479 e. The van der Waals surface area contributed by atoms with Crippen molar-refractivity contribution in [3.8, 4) is 5.75 Å². The summed E-state index contributed by atoms with van der Waals surface area (Å²) in [7, 11) is 2.07. The summed E-state index contributed by atoms with van der Waals surface area (Å²) < 4.78 is 19.9. The van der Waals surface area contributed by atoms with Gasteiger partial charge in [-0.3, -0.25) is 0 Å². The fourth-order valence-electron chi connectivity index (χ4n) is 2.74. The van der Waals surface area contributed by atoms with Gasteiger partial charge >= 0.3 is 0 Å². The van der Waals surface area contributed by atoms with Crippen LogP contribution in [0.1, 0.15) is 25.3 Å². The van der Waals surface area contributed by atoms with Crippen molar-refractivity contribution >= 4 is 23.5 Å². The Balaban J connectivity index is 1.85. The smallest absolute Gasteiger partial charge is 0.230 e. The van der Waals surface area contributed by atoms with E-state index in [9.17, 15) is 4.39 Å². The second-order valence-corrected chi connectivity index (χ2v) is 6.62. The standard InChI is InChI=1S/C17H22ClFN6O/c1-3-12(26-13-6-4-5-11(18)14(13)19)15-21-16(20)23-17(22-15)25-9-7-24(2)8-10-25/h4-6,12H,3,7-10H2,1-2H3,(H2,20,21,22,23). The zero-order valence-corrected chi connectivity index (χ0v) is 15.6. The Bertz CT molecular complexity index is 769. The van der Waals surface area contributed by atoms with Crippen LogP contribution < -0.4 is 15.4 Å². The first-order chi connectivity index (χ1) is 12.5. The fourth-order valence-corrected chi connectivity index (χ4v) is 2.90. The molecule has 1 aliphatic rings. The minimum atomic E-state index is -0.603. The van der Waals surface area contributed by atoms with Crippen molar-refractivity contribution in [2.24, 2.45) is 0 Å². The lowest BCUT2D eigenvalue weighted by molar-refractivity contribution is 0.182. The Hall–Kier alpha value is -2.19. The molecular formula is C17H22ClFN6O. The van der Waals surface area contributed by atoms with E-state index in [2.05, 4.69) is 31.8 Å². The van der Waals surface area contributed by atoms with Crippen LogP contribution in [0.2, 0.25) is 5.02 Å². The van der Waals surface area contributed by atoms with Gasteiger partial charge in [-0.2, -0.15) is 15.0 Å². The molecule has 26 heavy (non-hydrogen) atoms. The molecule has 0 radical (unpaired) electrons. The van der Waals surface area contributed by atoms with Gasteiger partial charge in [-0.1, -0.05) is 24.6 Å². The van der Waals surface area contributed by atoms with Crippen LogP contribution in [0, 0.1) is 5.82 Å². The van der Waals surface area contributed by atoms with Gasteiger partial charge in [0.15, 0.2) is 23.5 Å². The maximum absolute atomic E-state index is 14.2. The molecule has 140 valence electrons. The number of ether oxygens (including phenoxy) is 1. The van der Waals surface area contributed by atoms with Crippen molar-refractivity contribution in [3.05, 3.63) is 34.9 Å². The SMILES string of the molecule is CCC(Oc1cccc(Cl)c1F)c1nc(N)nc(N2CCN(C)CC2)n1. The molecule has 1 saturated heterocycles. The summed E-state index contributed by atoms with van der Waals surface area (Å²) in [5.74, 6) is 0.485. The number of aromatic nitrogens is 3. The second-order valence-electron chi connectivity index (χ2n) is 6.21. The number of nitrogen functional groups attached to an aromatic ring is 1. The van der Waals surface area contributed by atoms with E-state index in [1.54, 1.807) is 6.07 Å². The number of likely N-dealkylation sites (N-methyl/N-ethyl adjacent to an activating group) is 1. The Morgan fingerprint density at radius 3 is 2.65 bits per heavy atom. The third-order valence-electron chi connectivity index (χ3n) is 4.29.